The molecule has 0 bridgehead atoms. The number of ether oxygens (including phenoxy) is 1. The zero-order chi connectivity index (χ0) is 24.9. The number of aliphatic carboxylic acids is 1. The second kappa shape index (κ2) is 10.4. The molecule has 9 heteroatoms. The van der Waals surface area contributed by atoms with Crippen molar-refractivity contribution in [3.8, 4) is 11.1 Å². The number of carboxylic acids is 1. The van der Waals surface area contributed by atoms with E-state index >= 15 is 0 Å². The molecular weight excluding hydrogens is 455 g/mol. The largest absolute Gasteiger partial charge is 0.480 e. The van der Waals surface area contributed by atoms with Crippen LogP contribution in [0.1, 0.15) is 33.8 Å². The lowest BCUT2D eigenvalue weighted by atomic mass is 9.98. The number of amides is 2. The number of hydrogen-bond acceptors (Lipinski definition) is 5. The third kappa shape index (κ3) is 5.15. The molecule has 3 aromatic rings. The third-order valence-corrected chi connectivity index (χ3v) is 5.83. The Balaban J connectivity index is 1.39. The van der Waals surface area contributed by atoms with E-state index in [1.165, 1.54) is 12.1 Å². The van der Waals surface area contributed by atoms with Crippen LogP contribution in [0, 0.1) is 5.82 Å². The number of halogens is 1. The highest BCUT2D eigenvalue weighted by molar-refractivity contribution is 5.97. The van der Waals surface area contributed by atoms with Gasteiger partial charge in [-0.15, -0.1) is 0 Å². The number of aliphatic hydroxyl groups excluding tert-OH is 1. The molecule has 0 unspecified atom stereocenters. The van der Waals surface area contributed by atoms with E-state index in [0.29, 0.717) is 0 Å². The number of benzene rings is 3. The van der Waals surface area contributed by atoms with Crippen molar-refractivity contribution in [3.63, 3.8) is 0 Å². The van der Waals surface area contributed by atoms with Crippen LogP contribution < -0.4 is 10.6 Å². The first-order chi connectivity index (χ1) is 16.9. The average molecular weight is 478 g/mol. The van der Waals surface area contributed by atoms with Crippen molar-refractivity contribution >= 4 is 23.7 Å². The molecule has 2 amide bonds. The molecule has 8 nitrogen and oxygen atoms in total. The van der Waals surface area contributed by atoms with Gasteiger partial charge in [-0.25, -0.2) is 14.0 Å². The minimum absolute atomic E-state index is 0.0589. The van der Waals surface area contributed by atoms with Crippen molar-refractivity contribution in [2.75, 3.05) is 18.5 Å². The van der Waals surface area contributed by atoms with E-state index in [4.69, 9.17) is 14.9 Å². The maximum atomic E-state index is 14.5. The first kappa shape index (κ1) is 23.9. The van der Waals surface area contributed by atoms with Gasteiger partial charge in [0.2, 0.25) is 0 Å². The first-order valence-corrected chi connectivity index (χ1v) is 10.9. The number of anilines is 1. The fraction of sp³-hybridized carbons (Fsp3) is 0.192. The molecule has 1 aliphatic rings. The summed E-state index contributed by atoms with van der Waals surface area (Å²) in [6.07, 6.45) is -1.04. The zero-order valence-corrected chi connectivity index (χ0v) is 18.5. The van der Waals surface area contributed by atoms with Crippen molar-refractivity contribution in [2.24, 2.45) is 0 Å². The molecule has 3 aromatic carbocycles. The lowest BCUT2D eigenvalue weighted by Crippen LogP contribution is -2.41. The number of rotatable bonds is 8. The Hall–Kier alpha value is -4.24. The van der Waals surface area contributed by atoms with Gasteiger partial charge in [0.15, 0.2) is 0 Å². The number of nitrogens with one attached hydrogen (secondary N) is 2. The van der Waals surface area contributed by atoms with Crippen LogP contribution >= 0.6 is 0 Å². The average Bonchev–Trinajstić information content (AvgIpc) is 3.17. The third-order valence-electron chi connectivity index (χ3n) is 5.83. The van der Waals surface area contributed by atoms with E-state index in [1.807, 2.05) is 48.5 Å². The molecule has 180 valence electrons. The fourth-order valence-corrected chi connectivity index (χ4v) is 4.13. The molecule has 0 radical (unpaired) electrons. The monoisotopic (exact) mass is 478 g/mol. The minimum atomic E-state index is -1.32. The van der Waals surface area contributed by atoms with Gasteiger partial charge >= 0.3 is 12.1 Å². The predicted molar refractivity (Wildman–Crippen MR) is 126 cm³/mol. The summed E-state index contributed by atoms with van der Waals surface area (Å²) in [6, 6.07) is 17.8. The molecule has 0 aromatic heterocycles. The standard InChI is InChI=1S/C26H23FN2O6/c27-21-13-15(24(31)28-23(11-12-30)25(32)33)9-10-22(21)29-26(34)35-14-20-18-7-3-1-5-16(18)17-6-2-4-8-19(17)20/h1-10,13,20,23,30H,11-12,14H2,(H,28,31)(H,29,34)(H,32,33)/t23-/m1/s1. The van der Waals surface area contributed by atoms with Crippen molar-refractivity contribution in [3.05, 3.63) is 89.2 Å². The van der Waals surface area contributed by atoms with E-state index in [0.717, 1.165) is 28.3 Å². The Bertz CT molecular complexity index is 1230. The molecule has 0 fully saturated rings. The van der Waals surface area contributed by atoms with Gasteiger partial charge in [0, 0.05) is 24.5 Å². The Kier molecular flexibility index (Phi) is 7.07. The number of fused-ring (bicyclic) bond motifs is 3. The van der Waals surface area contributed by atoms with Gasteiger partial charge in [0.05, 0.1) is 5.69 Å². The summed E-state index contributed by atoms with van der Waals surface area (Å²) in [5.74, 6) is -3.18. The molecule has 0 aliphatic heterocycles. The summed E-state index contributed by atoms with van der Waals surface area (Å²) >= 11 is 0. The number of aliphatic hydroxyl groups is 1. The van der Waals surface area contributed by atoms with Gasteiger partial charge in [0.1, 0.15) is 18.5 Å². The summed E-state index contributed by atoms with van der Waals surface area (Å²) in [5, 5.41) is 22.5. The molecule has 1 aliphatic carbocycles. The summed E-state index contributed by atoms with van der Waals surface area (Å²) in [5.41, 5.74) is 3.93. The molecule has 35 heavy (non-hydrogen) atoms. The summed E-state index contributed by atoms with van der Waals surface area (Å²) in [6.45, 7) is -0.377. The van der Waals surface area contributed by atoms with E-state index < -0.39 is 36.4 Å². The highest BCUT2D eigenvalue weighted by atomic mass is 19.1. The van der Waals surface area contributed by atoms with Gasteiger partial charge in [-0.1, -0.05) is 48.5 Å². The van der Waals surface area contributed by atoms with Gasteiger partial charge in [0.25, 0.3) is 5.91 Å². The van der Waals surface area contributed by atoms with Gasteiger partial charge in [-0.2, -0.15) is 0 Å². The molecule has 4 rings (SSSR count). The fourth-order valence-electron chi connectivity index (χ4n) is 4.13. The van der Waals surface area contributed by atoms with Crippen LogP contribution in [-0.2, 0) is 9.53 Å². The Labute approximate surface area is 200 Å². The van der Waals surface area contributed by atoms with Gasteiger partial charge in [-0.05, 0) is 40.5 Å². The number of carbonyl (C=O) groups excluding carboxylic acids is 2. The highest BCUT2D eigenvalue weighted by Crippen LogP contribution is 2.44. The Morgan fingerprint density at radius 1 is 0.971 bits per heavy atom. The minimum Gasteiger partial charge on any atom is -0.480 e. The van der Waals surface area contributed by atoms with Crippen molar-refractivity contribution in [1.82, 2.24) is 5.32 Å². The SMILES string of the molecule is O=C(Nc1ccc(C(=O)N[C@H](CCO)C(=O)O)cc1F)OCC1c2ccccc2-c2ccccc21. The second-order valence-electron chi connectivity index (χ2n) is 8.02. The van der Waals surface area contributed by atoms with Crippen molar-refractivity contribution in [1.29, 1.82) is 0 Å². The van der Waals surface area contributed by atoms with Crippen LogP contribution in [0.2, 0.25) is 0 Å². The molecular formula is C26H23FN2O6. The maximum absolute atomic E-state index is 14.5. The van der Waals surface area contributed by atoms with Crippen LogP contribution in [-0.4, -0.2) is 47.4 Å². The number of hydrogen-bond donors (Lipinski definition) is 4. The molecule has 0 saturated carbocycles. The van der Waals surface area contributed by atoms with Crippen LogP contribution in [0.5, 0.6) is 0 Å². The van der Waals surface area contributed by atoms with E-state index in [9.17, 15) is 18.8 Å². The van der Waals surface area contributed by atoms with Crippen LogP contribution in [0.25, 0.3) is 11.1 Å². The van der Waals surface area contributed by atoms with Crippen molar-refractivity contribution < 1.29 is 33.7 Å². The highest BCUT2D eigenvalue weighted by Gasteiger charge is 2.29. The van der Waals surface area contributed by atoms with Crippen LogP contribution in [0.3, 0.4) is 0 Å². The summed E-state index contributed by atoms with van der Waals surface area (Å²) in [4.78, 5) is 35.8. The quantitative estimate of drug-likeness (QED) is 0.391. The zero-order valence-electron chi connectivity index (χ0n) is 18.5. The van der Waals surface area contributed by atoms with Crippen LogP contribution in [0.15, 0.2) is 66.7 Å². The molecule has 0 saturated heterocycles. The Morgan fingerprint density at radius 2 is 1.60 bits per heavy atom. The molecule has 0 heterocycles. The summed E-state index contributed by atoms with van der Waals surface area (Å²) in [7, 11) is 0. The van der Waals surface area contributed by atoms with E-state index in [-0.39, 0.29) is 30.2 Å². The second-order valence-corrected chi connectivity index (χ2v) is 8.02. The lowest BCUT2D eigenvalue weighted by molar-refractivity contribution is -0.139. The maximum Gasteiger partial charge on any atom is 0.411 e. The molecule has 4 N–H and O–H groups in total. The smallest absolute Gasteiger partial charge is 0.411 e. The Morgan fingerprint density at radius 3 is 2.17 bits per heavy atom. The number of carbonyl (C=O) groups is 3. The lowest BCUT2D eigenvalue weighted by Gasteiger charge is -2.15. The van der Waals surface area contributed by atoms with Gasteiger partial charge < -0.3 is 20.3 Å². The molecule has 0 spiro atoms. The number of carboxylic acid groups (broad SMARTS) is 1. The van der Waals surface area contributed by atoms with Gasteiger partial charge in [-0.3, -0.25) is 10.1 Å². The predicted octanol–water partition coefficient (Wildman–Crippen LogP) is 3.75. The van der Waals surface area contributed by atoms with E-state index in [2.05, 4.69) is 10.6 Å². The van der Waals surface area contributed by atoms with Crippen molar-refractivity contribution in [2.45, 2.75) is 18.4 Å². The van der Waals surface area contributed by atoms with E-state index in [1.54, 1.807) is 0 Å². The normalized spacial score (nSPS) is 12.9. The van der Waals surface area contributed by atoms with Crippen LogP contribution in [0.4, 0.5) is 14.9 Å². The topological polar surface area (TPSA) is 125 Å². The summed E-state index contributed by atoms with van der Waals surface area (Å²) < 4.78 is 19.9. The first-order valence-electron chi connectivity index (χ1n) is 10.9. The molecule has 1 atom stereocenters.